The summed E-state index contributed by atoms with van der Waals surface area (Å²) in [4.78, 5) is 4.49. The van der Waals surface area contributed by atoms with Crippen molar-refractivity contribution in [3.63, 3.8) is 0 Å². The molecule has 0 spiro atoms. The SMILES string of the molecule is CC1=Nc2ccc3cc(S(=O)(=O)O)ccc3c2C1(C)C.[H-].[Na+]. The molecule has 1 heterocycles. The van der Waals surface area contributed by atoms with Gasteiger partial charge in [-0.15, -0.1) is 0 Å². The first kappa shape index (κ1) is 16.6. The monoisotopic (exact) mass is 313 g/mol. The van der Waals surface area contributed by atoms with Crippen LogP contribution in [0.15, 0.2) is 40.2 Å². The predicted octanol–water partition coefficient (Wildman–Crippen LogP) is 0.587. The van der Waals surface area contributed by atoms with Gasteiger partial charge in [0.05, 0.1) is 10.6 Å². The first-order chi connectivity index (χ1) is 9.21. The van der Waals surface area contributed by atoms with Crippen molar-refractivity contribution in [3.05, 3.63) is 35.9 Å². The van der Waals surface area contributed by atoms with Crippen LogP contribution < -0.4 is 29.6 Å². The third-order valence-corrected chi connectivity index (χ3v) is 4.93. The summed E-state index contributed by atoms with van der Waals surface area (Å²) in [5.41, 5.74) is 2.90. The van der Waals surface area contributed by atoms with Crippen LogP contribution in [0.2, 0.25) is 0 Å². The Labute approximate surface area is 147 Å². The van der Waals surface area contributed by atoms with Gasteiger partial charge in [-0.1, -0.05) is 26.0 Å². The molecule has 4 nitrogen and oxygen atoms in total. The van der Waals surface area contributed by atoms with E-state index in [0.717, 1.165) is 27.7 Å². The summed E-state index contributed by atoms with van der Waals surface area (Å²) >= 11 is 0. The minimum Gasteiger partial charge on any atom is -1.00 e. The Balaban J connectivity index is 0.00000121. The van der Waals surface area contributed by atoms with Crippen molar-refractivity contribution in [2.45, 2.75) is 31.1 Å². The van der Waals surface area contributed by atoms with Gasteiger partial charge in [-0.3, -0.25) is 9.55 Å². The van der Waals surface area contributed by atoms with Crippen molar-refractivity contribution >= 4 is 32.3 Å². The van der Waals surface area contributed by atoms with E-state index in [-0.39, 0.29) is 41.3 Å². The second kappa shape index (κ2) is 5.18. The van der Waals surface area contributed by atoms with Crippen molar-refractivity contribution in [3.8, 4) is 0 Å². The van der Waals surface area contributed by atoms with E-state index in [0.29, 0.717) is 0 Å². The average Bonchev–Trinajstić information content (AvgIpc) is 2.58. The second-order valence-corrected chi connectivity index (χ2v) is 7.06. The molecular formula is C15H16NNaO3S. The molecule has 0 bridgehead atoms. The number of aliphatic imine (C=N–C) groups is 1. The Bertz CT molecular complexity index is 876. The smallest absolute Gasteiger partial charge is 1.00 e. The molecule has 0 aromatic heterocycles. The molecule has 0 fully saturated rings. The van der Waals surface area contributed by atoms with Crippen LogP contribution in [0, 0.1) is 0 Å². The fourth-order valence-electron chi connectivity index (χ4n) is 2.71. The van der Waals surface area contributed by atoms with Gasteiger partial charge in [-0.25, -0.2) is 0 Å². The summed E-state index contributed by atoms with van der Waals surface area (Å²) in [7, 11) is -4.18. The Morgan fingerprint density at radius 3 is 2.48 bits per heavy atom. The van der Waals surface area contributed by atoms with E-state index in [1.165, 1.54) is 12.1 Å². The van der Waals surface area contributed by atoms with Crippen LogP contribution in [0.5, 0.6) is 0 Å². The van der Waals surface area contributed by atoms with Crippen LogP contribution in [0.25, 0.3) is 10.8 Å². The average molecular weight is 313 g/mol. The fourth-order valence-corrected chi connectivity index (χ4v) is 3.22. The molecule has 0 saturated carbocycles. The van der Waals surface area contributed by atoms with E-state index in [1.54, 1.807) is 6.07 Å². The molecule has 1 aliphatic rings. The van der Waals surface area contributed by atoms with Gasteiger partial charge in [0.1, 0.15) is 0 Å². The molecule has 0 radical (unpaired) electrons. The number of benzene rings is 2. The molecule has 1 aliphatic heterocycles. The van der Waals surface area contributed by atoms with Gasteiger partial charge < -0.3 is 1.43 Å². The topological polar surface area (TPSA) is 66.7 Å². The molecule has 3 rings (SSSR count). The first-order valence-electron chi connectivity index (χ1n) is 6.32. The molecule has 0 atom stereocenters. The minimum atomic E-state index is -4.18. The molecule has 6 heteroatoms. The van der Waals surface area contributed by atoms with E-state index < -0.39 is 10.1 Å². The molecule has 0 unspecified atom stereocenters. The molecule has 0 aliphatic carbocycles. The summed E-state index contributed by atoms with van der Waals surface area (Å²) in [5, 5.41) is 1.76. The van der Waals surface area contributed by atoms with Gasteiger partial charge in [-0.05, 0) is 41.5 Å². The van der Waals surface area contributed by atoms with E-state index in [2.05, 4.69) is 18.8 Å². The van der Waals surface area contributed by atoms with Crippen LogP contribution in [0.1, 0.15) is 27.8 Å². The number of rotatable bonds is 1. The van der Waals surface area contributed by atoms with Gasteiger partial charge >= 0.3 is 29.6 Å². The predicted molar refractivity (Wildman–Crippen MR) is 80.7 cm³/mol. The summed E-state index contributed by atoms with van der Waals surface area (Å²) < 4.78 is 31.6. The van der Waals surface area contributed by atoms with Crippen molar-refractivity contribution in [1.29, 1.82) is 0 Å². The van der Waals surface area contributed by atoms with E-state index in [4.69, 9.17) is 4.55 Å². The molecule has 106 valence electrons. The third-order valence-electron chi connectivity index (χ3n) is 4.08. The van der Waals surface area contributed by atoms with Crippen molar-refractivity contribution in [2.24, 2.45) is 4.99 Å². The fraction of sp³-hybridized carbons (Fsp3) is 0.267. The minimum absolute atomic E-state index is 0. The van der Waals surface area contributed by atoms with E-state index in [9.17, 15) is 8.42 Å². The van der Waals surface area contributed by atoms with Gasteiger partial charge in [0.2, 0.25) is 0 Å². The maximum Gasteiger partial charge on any atom is 1.00 e. The zero-order chi connectivity index (χ0) is 14.7. The zero-order valence-corrected chi connectivity index (χ0v) is 15.3. The summed E-state index contributed by atoms with van der Waals surface area (Å²) in [6.45, 7) is 6.21. The molecular weight excluding hydrogens is 297 g/mol. The summed E-state index contributed by atoms with van der Waals surface area (Å²) in [6, 6.07) is 8.40. The molecule has 0 saturated heterocycles. The third kappa shape index (κ3) is 2.58. The van der Waals surface area contributed by atoms with Crippen LogP contribution in [0.4, 0.5) is 5.69 Å². The van der Waals surface area contributed by atoms with Crippen molar-refractivity contribution in [1.82, 2.24) is 0 Å². The molecule has 2 aromatic rings. The summed E-state index contributed by atoms with van der Waals surface area (Å²) in [5.74, 6) is 0. The van der Waals surface area contributed by atoms with Crippen LogP contribution in [0.3, 0.4) is 0 Å². The Morgan fingerprint density at radius 2 is 1.86 bits per heavy atom. The van der Waals surface area contributed by atoms with Gasteiger partial charge in [0.25, 0.3) is 10.1 Å². The number of hydrogen-bond acceptors (Lipinski definition) is 3. The van der Waals surface area contributed by atoms with Gasteiger partial charge in [0, 0.05) is 11.1 Å². The zero-order valence-electron chi connectivity index (χ0n) is 13.5. The normalized spacial score (nSPS) is 16.3. The number of nitrogens with zero attached hydrogens (tertiary/aromatic N) is 1. The largest absolute Gasteiger partial charge is 1.00 e. The van der Waals surface area contributed by atoms with Crippen molar-refractivity contribution in [2.75, 3.05) is 0 Å². The molecule has 2 aromatic carbocycles. The Morgan fingerprint density at radius 1 is 1.19 bits per heavy atom. The maximum atomic E-state index is 11.2. The molecule has 21 heavy (non-hydrogen) atoms. The summed E-state index contributed by atoms with van der Waals surface area (Å²) in [6.07, 6.45) is 0. The Hall–Kier alpha value is -0.720. The first-order valence-corrected chi connectivity index (χ1v) is 7.76. The molecule has 1 N–H and O–H groups in total. The van der Waals surface area contributed by atoms with Crippen LogP contribution in [-0.4, -0.2) is 18.7 Å². The van der Waals surface area contributed by atoms with Gasteiger partial charge in [-0.2, -0.15) is 8.42 Å². The molecule has 0 amide bonds. The number of hydrogen-bond donors (Lipinski definition) is 1. The van der Waals surface area contributed by atoms with Crippen molar-refractivity contribution < 1.29 is 44.0 Å². The standard InChI is InChI=1S/C15H15NO3S.Na.H/c1-9-15(2,3)14-12-6-5-11(20(17,18)19)8-10(12)4-7-13(14)16-9;;/h4-8H,1-3H3,(H,17,18,19);;/q;+1;-1. The van der Waals surface area contributed by atoms with Gasteiger partial charge in [0.15, 0.2) is 0 Å². The van der Waals surface area contributed by atoms with Crippen LogP contribution >= 0.6 is 0 Å². The Kier molecular flexibility index (Phi) is 4.10. The van der Waals surface area contributed by atoms with E-state index >= 15 is 0 Å². The maximum absolute atomic E-state index is 11.2. The number of fused-ring (bicyclic) bond motifs is 3. The van der Waals surface area contributed by atoms with Crippen LogP contribution in [-0.2, 0) is 15.5 Å². The quantitative estimate of drug-likeness (QED) is 0.619. The van der Waals surface area contributed by atoms with E-state index in [1.807, 2.05) is 19.1 Å². The second-order valence-electron chi connectivity index (χ2n) is 5.64.